The number of aryl methyl sites for hydroxylation is 1. The molecule has 0 radical (unpaired) electrons. The molecule has 1 aromatic carbocycles. The van der Waals surface area contributed by atoms with Crippen LogP contribution in [0.5, 0.6) is 11.5 Å². The minimum atomic E-state index is -1.00. The van der Waals surface area contributed by atoms with Crippen molar-refractivity contribution in [2.75, 3.05) is 20.0 Å². The van der Waals surface area contributed by atoms with Crippen molar-refractivity contribution in [1.29, 1.82) is 0 Å². The Kier molecular flexibility index (Phi) is 5.21. The van der Waals surface area contributed by atoms with Gasteiger partial charge in [-0.3, -0.25) is 9.59 Å². The van der Waals surface area contributed by atoms with Crippen molar-refractivity contribution < 1.29 is 19.4 Å². The van der Waals surface area contributed by atoms with Crippen molar-refractivity contribution in [3.63, 3.8) is 0 Å². The topological polar surface area (TPSA) is 116 Å². The predicted octanol–water partition coefficient (Wildman–Crippen LogP) is 1.03. The number of nitrogens with zero attached hydrogens (tertiary/aromatic N) is 4. The molecule has 0 bridgehead atoms. The maximum atomic E-state index is 12.5. The second kappa shape index (κ2) is 7.56. The van der Waals surface area contributed by atoms with Gasteiger partial charge >= 0.3 is 5.97 Å². The number of aromatic nitrogens is 3. The number of carboxylic acids is 1. The fourth-order valence-electron chi connectivity index (χ4n) is 2.40. The smallest absolute Gasteiger partial charge is 0.303 e. The Bertz CT molecular complexity index is 941. The third kappa shape index (κ3) is 3.54. The minimum Gasteiger partial charge on any atom is -0.493 e. The number of carbonyl (C=O) groups is 1. The summed E-state index contributed by atoms with van der Waals surface area (Å²) < 4.78 is 11.7. The first-order valence-corrected chi connectivity index (χ1v) is 8.65. The molecule has 10 heteroatoms. The van der Waals surface area contributed by atoms with Crippen molar-refractivity contribution in [2.24, 2.45) is 5.10 Å². The van der Waals surface area contributed by atoms with Crippen molar-refractivity contribution in [1.82, 2.24) is 14.9 Å². The van der Waals surface area contributed by atoms with Crippen LogP contribution in [-0.4, -0.2) is 51.6 Å². The third-order valence-electron chi connectivity index (χ3n) is 3.73. The van der Waals surface area contributed by atoms with Gasteiger partial charge in [0.25, 0.3) is 5.56 Å². The summed E-state index contributed by atoms with van der Waals surface area (Å²) in [6.45, 7) is 0. The SMILES string of the molecule is COc1ccc(C2=Nn3c(nnc(CCC(=O)O)c3=O)SC2)cc1OC. The molecule has 1 aliphatic heterocycles. The highest BCUT2D eigenvalue weighted by Gasteiger charge is 2.20. The summed E-state index contributed by atoms with van der Waals surface area (Å²) >= 11 is 1.33. The summed E-state index contributed by atoms with van der Waals surface area (Å²) in [4.78, 5) is 23.2. The Labute approximate surface area is 152 Å². The van der Waals surface area contributed by atoms with E-state index in [2.05, 4.69) is 15.3 Å². The van der Waals surface area contributed by atoms with Gasteiger partial charge in [-0.05, 0) is 18.2 Å². The Morgan fingerprint density at radius 1 is 1.27 bits per heavy atom. The first-order chi connectivity index (χ1) is 12.5. The second-order valence-electron chi connectivity index (χ2n) is 5.35. The van der Waals surface area contributed by atoms with Crippen LogP contribution >= 0.6 is 11.8 Å². The monoisotopic (exact) mass is 376 g/mol. The fraction of sp³-hybridized carbons (Fsp3) is 0.312. The highest BCUT2D eigenvalue weighted by molar-refractivity contribution is 7.99. The number of ether oxygens (including phenoxy) is 2. The Morgan fingerprint density at radius 2 is 2.04 bits per heavy atom. The van der Waals surface area contributed by atoms with Gasteiger partial charge < -0.3 is 14.6 Å². The lowest BCUT2D eigenvalue weighted by Crippen LogP contribution is -2.30. The molecule has 9 nitrogen and oxygen atoms in total. The van der Waals surface area contributed by atoms with Crippen LogP contribution in [0, 0.1) is 0 Å². The molecule has 136 valence electrons. The lowest BCUT2D eigenvalue weighted by atomic mass is 10.1. The first-order valence-electron chi connectivity index (χ1n) is 7.67. The van der Waals surface area contributed by atoms with Crippen LogP contribution < -0.4 is 15.0 Å². The van der Waals surface area contributed by atoms with Gasteiger partial charge in [0.15, 0.2) is 11.5 Å². The summed E-state index contributed by atoms with van der Waals surface area (Å²) in [6.07, 6.45) is -0.185. The van der Waals surface area contributed by atoms with Crippen LogP contribution in [0.1, 0.15) is 17.7 Å². The van der Waals surface area contributed by atoms with Crippen molar-refractivity contribution in [3.05, 3.63) is 39.8 Å². The number of fused-ring (bicyclic) bond motifs is 1. The average Bonchev–Trinajstić information content (AvgIpc) is 2.66. The van der Waals surface area contributed by atoms with E-state index in [0.29, 0.717) is 28.1 Å². The average molecular weight is 376 g/mol. The summed E-state index contributed by atoms with van der Waals surface area (Å²) in [6, 6.07) is 5.38. The van der Waals surface area contributed by atoms with Gasteiger partial charge in [-0.2, -0.15) is 9.78 Å². The summed E-state index contributed by atoms with van der Waals surface area (Å²) in [7, 11) is 3.10. The number of rotatable bonds is 6. The first kappa shape index (κ1) is 17.9. The van der Waals surface area contributed by atoms with E-state index >= 15 is 0 Å². The maximum Gasteiger partial charge on any atom is 0.303 e. The standard InChI is InChI=1S/C16H16N4O5S/c1-24-12-5-3-9(7-13(12)25-2)11-8-26-16-18-17-10(4-6-14(21)22)15(23)20(16)19-11/h3,5,7H,4,6,8H2,1-2H3,(H,21,22). The van der Waals surface area contributed by atoms with Gasteiger partial charge in [0, 0.05) is 17.7 Å². The number of thioether (sulfide) groups is 1. The van der Waals surface area contributed by atoms with Gasteiger partial charge in [0.1, 0.15) is 5.69 Å². The van der Waals surface area contributed by atoms with E-state index < -0.39 is 11.5 Å². The molecule has 1 aromatic heterocycles. The van der Waals surface area contributed by atoms with Gasteiger partial charge in [-0.15, -0.1) is 10.2 Å². The molecule has 0 amide bonds. The van der Waals surface area contributed by atoms with Crippen LogP contribution in [0.25, 0.3) is 0 Å². The van der Waals surface area contributed by atoms with Crippen LogP contribution in [0.3, 0.4) is 0 Å². The molecule has 0 atom stereocenters. The number of methoxy groups -OCH3 is 2. The van der Waals surface area contributed by atoms with Crippen molar-refractivity contribution in [2.45, 2.75) is 18.0 Å². The molecule has 2 aromatic rings. The molecule has 26 heavy (non-hydrogen) atoms. The number of carboxylic acid groups (broad SMARTS) is 1. The lowest BCUT2D eigenvalue weighted by Gasteiger charge is -2.16. The normalized spacial score (nSPS) is 12.9. The minimum absolute atomic E-state index is 0.00727. The molecule has 3 rings (SSSR count). The number of hydrogen-bond acceptors (Lipinski definition) is 8. The molecular weight excluding hydrogens is 360 g/mol. The van der Waals surface area contributed by atoms with E-state index in [4.69, 9.17) is 14.6 Å². The summed E-state index contributed by atoms with van der Waals surface area (Å²) in [5.41, 5.74) is 1.08. The number of benzene rings is 1. The molecule has 2 heterocycles. The second-order valence-corrected chi connectivity index (χ2v) is 6.29. The van der Waals surface area contributed by atoms with E-state index in [-0.39, 0.29) is 18.5 Å². The highest BCUT2D eigenvalue weighted by atomic mass is 32.2. The zero-order valence-electron chi connectivity index (χ0n) is 14.1. The van der Waals surface area contributed by atoms with Gasteiger partial charge in [0.05, 0.1) is 26.4 Å². The molecule has 0 saturated heterocycles. The predicted molar refractivity (Wildman–Crippen MR) is 94.5 cm³/mol. The number of aliphatic carboxylic acids is 1. The molecule has 0 aliphatic carbocycles. The summed E-state index contributed by atoms with van der Waals surface area (Å²) in [5.74, 6) is 0.668. The van der Waals surface area contributed by atoms with E-state index in [1.165, 1.54) is 16.4 Å². The summed E-state index contributed by atoms with van der Waals surface area (Å²) in [5, 5.41) is 21.4. The van der Waals surface area contributed by atoms with E-state index in [1.807, 2.05) is 6.07 Å². The molecule has 1 aliphatic rings. The van der Waals surface area contributed by atoms with E-state index in [0.717, 1.165) is 5.56 Å². The van der Waals surface area contributed by atoms with Crippen LogP contribution in [0.15, 0.2) is 33.3 Å². The Morgan fingerprint density at radius 3 is 2.73 bits per heavy atom. The Hall–Kier alpha value is -2.88. The molecule has 0 saturated carbocycles. The van der Waals surface area contributed by atoms with Crippen molar-refractivity contribution in [3.8, 4) is 11.5 Å². The van der Waals surface area contributed by atoms with Crippen LogP contribution in [-0.2, 0) is 11.2 Å². The van der Waals surface area contributed by atoms with E-state index in [1.54, 1.807) is 26.4 Å². The fourth-order valence-corrected chi connectivity index (χ4v) is 3.23. The van der Waals surface area contributed by atoms with Crippen molar-refractivity contribution >= 4 is 23.4 Å². The quantitative estimate of drug-likeness (QED) is 0.795. The molecule has 0 fully saturated rings. The molecular formula is C16H16N4O5S. The van der Waals surface area contributed by atoms with Crippen LogP contribution in [0.4, 0.5) is 0 Å². The Balaban J connectivity index is 1.99. The number of hydrogen-bond donors (Lipinski definition) is 1. The zero-order chi connectivity index (χ0) is 18.7. The van der Waals surface area contributed by atoms with E-state index in [9.17, 15) is 9.59 Å². The van der Waals surface area contributed by atoms with Gasteiger partial charge in [0.2, 0.25) is 5.16 Å². The lowest BCUT2D eigenvalue weighted by molar-refractivity contribution is -0.136. The molecule has 0 spiro atoms. The molecule has 0 unspecified atom stereocenters. The molecule has 1 N–H and O–H groups in total. The van der Waals surface area contributed by atoms with Gasteiger partial charge in [-0.1, -0.05) is 11.8 Å². The third-order valence-corrected chi connectivity index (χ3v) is 4.66. The van der Waals surface area contributed by atoms with Crippen LogP contribution in [0.2, 0.25) is 0 Å². The van der Waals surface area contributed by atoms with Gasteiger partial charge in [-0.25, -0.2) is 0 Å². The largest absolute Gasteiger partial charge is 0.493 e. The highest BCUT2D eigenvalue weighted by Crippen LogP contribution is 2.29. The maximum absolute atomic E-state index is 12.5. The zero-order valence-corrected chi connectivity index (χ0v) is 14.9.